The summed E-state index contributed by atoms with van der Waals surface area (Å²) in [6.07, 6.45) is 1.29. The van der Waals surface area contributed by atoms with Crippen LogP contribution in [-0.4, -0.2) is 68.1 Å². The van der Waals surface area contributed by atoms with Crippen molar-refractivity contribution in [1.82, 2.24) is 15.0 Å². The lowest BCUT2D eigenvalue weighted by molar-refractivity contribution is 0.123. The molecule has 0 aliphatic carbocycles. The van der Waals surface area contributed by atoms with Crippen LogP contribution < -0.4 is 0 Å². The summed E-state index contributed by atoms with van der Waals surface area (Å²) < 4.78 is 27.5. The van der Waals surface area contributed by atoms with Crippen LogP contribution in [0.2, 0.25) is 0 Å². The first-order valence-electron chi connectivity index (χ1n) is 6.47. The summed E-state index contributed by atoms with van der Waals surface area (Å²) in [6, 6.07) is 1.95. The molecule has 0 saturated carbocycles. The number of piperazine rings is 1. The van der Waals surface area contributed by atoms with Gasteiger partial charge in [0.1, 0.15) is 9.84 Å². The number of nitrogens with zero attached hydrogens (tertiary/aromatic N) is 3. The number of aromatic nitrogens is 1. The third kappa shape index (κ3) is 4.93. The van der Waals surface area contributed by atoms with E-state index in [1.54, 1.807) is 0 Å². The molecule has 0 unspecified atom stereocenters. The van der Waals surface area contributed by atoms with Crippen LogP contribution >= 0.6 is 0 Å². The highest BCUT2D eigenvalue weighted by Gasteiger charge is 2.19. The van der Waals surface area contributed by atoms with E-state index in [-0.39, 0.29) is 5.75 Å². The molecule has 1 aromatic heterocycles. The average molecular weight is 287 g/mol. The van der Waals surface area contributed by atoms with E-state index >= 15 is 0 Å². The monoisotopic (exact) mass is 287 g/mol. The molecule has 1 aromatic rings. The molecular formula is C12H21N3O3S. The molecule has 2 heterocycles. The van der Waals surface area contributed by atoms with Gasteiger partial charge in [0.25, 0.3) is 0 Å². The molecule has 0 spiro atoms. The van der Waals surface area contributed by atoms with Crippen molar-refractivity contribution in [1.29, 1.82) is 0 Å². The van der Waals surface area contributed by atoms with Crippen LogP contribution in [0, 0.1) is 6.92 Å². The van der Waals surface area contributed by atoms with Gasteiger partial charge in [0.15, 0.2) is 5.76 Å². The van der Waals surface area contributed by atoms with Crippen molar-refractivity contribution in [3.05, 3.63) is 17.5 Å². The summed E-state index contributed by atoms with van der Waals surface area (Å²) in [5, 5.41) is 3.87. The predicted molar refractivity (Wildman–Crippen MR) is 72.7 cm³/mol. The highest BCUT2D eigenvalue weighted by atomic mass is 32.2. The smallest absolute Gasteiger partial charge is 0.150 e. The zero-order valence-electron chi connectivity index (χ0n) is 11.5. The Morgan fingerprint density at radius 1 is 1.26 bits per heavy atom. The lowest BCUT2D eigenvalue weighted by Crippen LogP contribution is -2.47. The van der Waals surface area contributed by atoms with Gasteiger partial charge in [-0.15, -0.1) is 0 Å². The average Bonchev–Trinajstić information content (AvgIpc) is 2.73. The SMILES string of the molecule is Cc1cc(CN2CCN(CCS(C)(=O)=O)CC2)on1. The second-order valence-electron chi connectivity index (χ2n) is 5.18. The minimum absolute atomic E-state index is 0.244. The Kier molecular flexibility index (Phi) is 4.59. The Morgan fingerprint density at radius 2 is 1.89 bits per heavy atom. The second kappa shape index (κ2) is 6.02. The first-order valence-corrected chi connectivity index (χ1v) is 8.53. The minimum Gasteiger partial charge on any atom is -0.360 e. The van der Waals surface area contributed by atoms with E-state index in [0.29, 0.717) is 6.54 Å². The van der Waals surface area contributed by atoms with Crippen LogP contribution in [0.1, 0.15) is 11.5 Å². The van der Waals surface area contributed by atoms with Crippen molar-refractivity contribution in [2.24, 2.45) is 0 Å². The first-order chi connectivity index (χ1) is 8.92. The maximum atomic E-state index is 11.1. The van der Waals surface area contributed by atoms with E-state index in [0.717, 1.165) is 44.2 Å². The van der Waals surface area contributed by atoms with Gasteiger partial charge in [-0.25, -0.2) is 8.42 Å². The number of aryl methyl sites for hydroxylation is 1. The molecule has 1 aliphatic rings. The van der Waals surface area contributed by atoms with E-state index in [2.05, 4.69) is 15.0 Å². The van der Waals surface area contributed by atoms with Gasteiger partial charge in [0.05, 0.1) is 18.0 Å². The highest BCUT2D eigenvalue weighted by Crippen LogP contribution is 2.09. The zero-order valence-corrected chi connectivity index (χ0v) is 12.3. The maximum absolute atomic E-state index is 11.1. The number of hydrogen-bond acceptors (Lipinski definition) is 6. The second-order valence-corrected chi connectivity index (χ2v) is 7.44. The van der Waals surface area contributed by atoms with Crippen molar-refractivity contribution >= 4 is 9.84 Å². The Morgan fingerprint density at radius 3 is 2.42 bits per heavy atom. The van der Waals surface area contributed by atoms with E-state index < -0.39 is 9.84 Å². The van der Waals surface area contributed by atoms with Gasteiger partial charge >= 0.3 is 0 Å². The molecule has 6 nitrogen and oxygen atoms in total. The summed E-state index contributed by atoms with van der Waals surface area (Å²) in [4.78, 5) is 4.50. The molecule has 0 aromatic carbocycles. The molecule has 0 atom stereocenters. The Bertz CT molecular complexity index is 504. The number of hydrogen-bond donors (Lipinski definition) is 0. The van der Waals surface area contributed by atoms with Gasteiger partial charge < -0.3 is 4.52 Å². The lowest BCUT2D eigenvalue weighted by Gasteiger charge is -2.33. The minimum atomic E-state index is -2.86. The lowest BCUT2D eigenvalue weighted by atomic mass is 10.3. The van der Waals surface area contributed by atoms with E-state index in [9.17, 15) is 8.42 Å². The molecular weight excluding hydrogens is 266 g/mol. The Hall–Kier alpha value is -0.920. The molecule has 2 rings (SSSR count). The van der Waals surface area contributed by atoms with Gasteiger partial charge in [-0.05, 0) is 6.92 Å². The van der Waals surface area contributed by atoms with Gasteiger partial charge in [-0.3, -0.25) is 9.80 Å². The van der Waals surface area contributed by atoms with Gasteiger partial charge in [-0.2, -0.15) is 0 Å². The van der Waals surface area contributed by atoms with Crippen molar-refractivity contribution in [3.8, 4) is 0 Å². The fourth-order valence-electron chi connectivity index (χ4n) is 2.18. The number of sulfone groups is 1. The quantitative estimate of drug-likeness (QED) is 0.768. The van der Waals surface area contributed by atoms with Crippen LogP contribution in [0.3, 0.4) is 0 Å². The molecule has 19 heavy (non-hydrogen) atoms. The zero-order chi connectivity index (χ0) is 13.9. The van der Waals surface area contributed by atoms with Gasteiger partial charge in [0, 0.05) is 45.0 Å². The molecule has 7 heteroatoms. The Labute approximate surface area is 114 Å². The molecule has 1 saturated heterocycles. The first kappa shape index (κ1) is 14.5. The van der Waals surface area contributed by atoms with E-state index in [1.807, 2.05) is 13.0 Å². The van der Waals surface area contributed by atoms with Gasteiger partial charge in [0.2, 0.25) is 0 Å². The van der Waals surface area contributed by atoms with E-state index in [4.69, 9.17) is 4.52 Å². The van der Waals surface area contributed by atoms with Crippen LogP contribution in [-0.2, 0) is 16.4 Å². The standard InChI is InChI=1S/C12H21N3O3S/c1-11-9-12(18-13-11)10-15-5-3-14(4-6-15)7-8-19(2,16)17/h9H,3-8,10H2,1-2H3. The molecule has 108 valence electrons. The molecule has 0 amide bonds. The summed E-state index contributed by atoms with van der Waals surface area (Å²) in [7, 11) is -2.86. The molecule has 0 radical (unpaired) electrons. The van der Waals surface area contributed by atoms with Crippen LogP contribution in [0.5, 0.6) is 0 Å². The molecule has 0 bridgehead atoms. The van der Waals surface area contributed by atoms with Crippen molar-refractivity contribution in [2.75, 3.05) is 44.7 Å². The van der Waals surface area contributed by atoms with Crippen LogP contribution in [0.15, 0.2) is 10.6 Å². The van der Waals surface area contributed by atoms with Crippen LogP contribution in [0.4, 0.5) is 0 Å². The Balaban J connectivity index is 1.73. The fraction of sp³-hybridized carbons (Fsp3) is 0.750. The van der Waals surface area contributed by atoms with Crippen molar-refractivity contribution in [2.45, 2.75) is 13.5 Å². The van der Waals surface area contributed by atoms with Crippen LogP contribution in [0.25, 0.3) is 0 Å². The van der Waals surface area contributed by atoms with Gasteiger partial charge in [-0.1, -0.05) is 5.16 Å². The molecule has 0 N–H and O–H groups in total. The number of rotatable bonds is 5. The highest BCUT2D eigenvalue weighted by molar-refractivity contribution is 7.90. The van der Waals surface area contributed by atoms with E-state index in [1.165, 1.54) is 6.26 Å². The van der Waals surface area contributed by atoms with Crippen molar-refractivity contribution in [3.63, 3.8) is 0 Å². The summed E-state index contributed by atoms with van der Waals surface area (Å²) >= 11 is 0. The third-order valence-electron chi connectivity index (χ3n) is 3.30. The fourth-order valence-corrected chi connectivity index (χ4v) is 2.77. The topological polar surface area (TPSA) is 66.7 Å². The molecule has 1 aliphatic heterocycles. The third-order valence-corrected chi connectivity index (χ3v) is 4.22. The summed E-state index contributed by atoms with van der Waals surface area (Å²) in [5.41, 5.74) is 0.904. The normalized spacial score (nSPS) is 18.8. The maximum Gasteiger partial charge on any atom is 0.150 e. The molecule has 1 fully saturated rings. The largest absolute Gasteiger partial charge is 0.360 e. The predicted octanol–water partition coefficient (Wildman–Crippen LogP) is 0.145. The summed E-state index contributed by atoms with van der Waals surface area (Å²) in [6.45, 7) is 7.00. The van der Waals surface area contributed by atoms with Crippen molar-refractivity contribution < 1.29 is 12.9 Å². The summed E-state index contributed by atoms with van der Waals surface area (Å²) in [5.74, 6) is 1.14.